The summed E-state index contributed by atoms with van der Waals surface area (Å²) in [5.74, 6) is 0.689. The summed E-state index contributed by atoms with van der Waals surface area (Å²) in [6.45, 7) is 0. The van der Waals surface area contributed by atoms with Gasteiger partial charge in [-0.05, 0) is 96.1 Å². The molecule has 0 unspecified atom stereocenters. The van der Waals surface area contributed by atoms with Gasteiger partial charge in [-0.2, -0.15) is 0 Å². The van der Waals surface area contributed by atoms with Crippen molar-refractivity contribution >= 4 is 54.5 Å². The first-order valence-electron chi connectivity index (χ1n) is 22.1. The molecule has 0 aliphatic rings. The van der Waals surface area contributed by atoms with Gasteiger partial charge < -0.3 is 13.7 Å². The molecule has 5 heteroatoms. The predicted octanol–water partition coefficient (Wildman–Crippen LogP) is 15.3. The molecule has 0 saturated carbocycles. The van der Waals surface area contributed by atoms with E-state index in [1.807, 2.05) is 12.1 Å². The molecule has 13 rings (SSSR count). The van der Waals surface area contributed by atoms with Crippen LogP contribution in [-0.4, -0.2) is 23.7 Å². The molecule has 65 heavy (non-hydrogen) atoms. The topological polar surface area (TPSA) is 40.6 Å². The van der Waals surface area contributed by atoms with Gasteiger partial charge in [0.2, 0.25) is 0 Å². The molecule has 0 radical (unpaired) electrons. The highest BCUT2D eigenvalue weighted by Crippen LogP contribution is 2.41. The van der Waals surface area contributed by atoms with Crippen molar-refractivity contribution in [3.8, 4) is 62.1 Å². The number of hydrogen-bond acceptors (Lipinski definition) is 2. The zero-order valence-corrected chi connectivity index (χ0v) is 35.3. The Bertz CT molecular complexity index is 3860. The summed E-state index contributed by atoms with van der Waals surface area (Å²) in [5, 5.41) is 6.08. The van der Waals surface area contributed by atoms with E-state index in [0.717, 1.165) is 56.2 Å². The Morgan fingerprint density at radius 1 is 0.277 bits per heavy atom. The highest BCUT2D eigenvalue weighted by Gasteiger charge is 2.20. The number of hydrogen-bond donors (Lipinski definition) is 0. The average molecular weight is 830 g/mol. The van der Waals surface area contributed by atoms with Gasteiger partial charge in [0, 0.05) is 66.9 Å². The highest BCUT2D eigenvalue weighted by atomic mass is 15.0. The van der Waals surface area contributed by atoms with E-state index in [4.69, 9.17) is 9.97 Å². The zero-order valence-electron chi connectivity index (χ0n) is 35.3. The number of benzene rings is 9. The van der Waals surface area contributed by atoms with Crippen molar-refractivity contribution in [1.82, 2.24) is 23.7 Å². The fraction of sp³-hybridized carbons (Fsp3) is 0. The summed E-state index contributed by atoms with van der Waals surface area (Å²) >= 11 is 0. The highest BCUT2D eigenvalue weighted by molar-refractivity contribution is 6.19. The lowest BCUT2D eigenvalue weighted by Gasteiger charge is -2.12. The van der Waals surface area contributed by atoms with Crippen molar-refractivity contribution in [1.29, 1.82) is 0 Å². The van der Waals surface area contributed by atoms with Crippen molar-refractivity contribution in [3.05, 3.63) is 237 Å². The number of para-hydroxylation sites is 3. The molecule has 0 N–H and O–H groups in total. The van der Waals surface area contributed by atoms with Gasteiger partial charge in [-0.1, -0.05) is 146 Å². The normalized spacial score (nSPS) is 11.7. The molecule has 5 nitrogen and oxygen atoms in total. The number of nitrogens with zero attached hydrogens (tertiary/aromatic N) is 5. The van der Waals surface area contributed by atoms with Gasteiger partial charge in [-0.15, -0.1) is 0 Å². The molecule has 0 atom stereocenters. The molecular weight excluding hydrogens is 791 g/mol. The summed E-state index contributed by atoms with van der Waals surface area (Å²) in [4.78, 5) is 10.3. The Morgan fingerprint density at radius 3 is 1.48 bits per heavy atom. The molecule has 9 aromatic carbocycles. The molecule has 13 aromatic rings. The molecule has 0 fully saturated rings. The standard InChI is InChI=1S/C60H39N5/c1-5-16-40(17-6-1)53-39-54(41-18-7-2-8-19-41)62-60(61-53)44-20-15-25-47(36-44)64-56-27-14-13-26-48(56)51-37-42(28-31-57(51)64)43-29-32-58-52(38-43)49-30-33-55-50(34-35-63(55)45-21-9-3-10-22-45)59(49)65(58)46-23-11-4-12-24-46/h1-39H. The van der Waals surface area contributed by atoms with Crippen LogP contribution in [0, 0.1) is 0 Å². The first kappa shape index (κ1) is 36.8. The van der Waals surface area contributed by atoms with Gasteiger partial charge in [0.15, 0.2) is 5.82 Å². The SMILES string of the molecule is c1ccc(-c2cc(-c3ccccc3)nc(-c3cccc(-n4c5ccccc5c5cc(-c6ccc7c(c6)c6ccc8c(ccn8-c8ccccc8)c6n7-c6ccccc6)ccc54)c3)n2)cc1. The lowest BCUT2D eigenvalue weighted by Crippen LogP contribution is -1.98. The van der Waals surface area contributed by atoms with E-state index in [-0.39, 0.29) is 0 Å². The van der Waals surface area contributed by atoms with Crippen LogP contribution in [0.5, 0.6) is 0 Å². The van der Waals surface area contributed by atoms with Crippen LogP contribution in [0.2, 0.25) is 0 Å². The minimum atomic E-state index is 0.689. The van der Waals surface area contributed by atoms with Gasteiger partial charge in [-0.3, -0.25) is 0 Å². The number of rotatable bonds is 7. The molecule has 0 aliphatic carbocycles. The van der Waals surface area contributed by atoms with Gasteiger partial charge in [0.05, 0.1) is 39.0 Å². The van der Waals surface area contributed by atoms with Crippen molar-refractivity contribution in [2.24, 2.45) is 0 Å². The van der Waals surface area contributed by atoms with E-state index >= 15 is 0 Å². The van der Waals surface area contributed by atoms with E-state index in [2.05, 4.69) is 238 Å². The van der Waals surface area contributed by atoms with Crippen LogP contribution in [0.1, 0.15) is 0 Å². The van der Waals surface area contributed by atoms with Crippen molar-refractivity contribution in [2.75, 3.05) is 0 Å². The van der Waals surface area contributed by atoms with Crippen LogP contribution >= 0.6 is 0 Å². The fourth-order valence-electron chi connectivity index (χ4n) is 9.87. The van der Waals surface area contributed by atoms with E-state index in [0.29, 0.717) is 5.82 Å². The van der Waals surface area contributed by atoms with Crippen LogP contribution in [0.25, 0.3) is 117 Å². The lowest BCUT2D eigenvalue weighted by molar-refractivity contribution is 1.13. The number of fused-ring (bicyclic) bond motifs is 8. The van der Waals surface area contributed by atoms with Gasteiger partial charge in [-0.25, -0.2) is 9.97 Å². The molecule has 0 aliphatic heterocycles. The monoisotopic (exact) mass is 829 g/mol. The van der Waals surface area contributed by atoms with E-state index in [1.54, 1.807) is 0 Å². The molecule has 304 valence electrons. The van der Waals surface area contributed by atoms with Crippen LogP contribution in [0.3, 0.4) is 0 Å². The Hall–Kier alpha value is -8.80. The maximum absolute atomic E-state index is 5.16. The zero-order chi connectivity index (χ0) is 42.8. The fourth-order valence-corrected chi connectivity index (χ4v) is 9.87. The molecule has 0 spiro atoms. The minimum Gasteiger partial charge on any atom is -0.316 e. The van der Waals surface area contributed by atoms with Gasteiger partial charge >= 0.3 is 0 Å². The first-order valence-corrected chi connectivity index (χ1v) is 22.1. The molecule has 4 heterocycles. The van der Waals surface area contributed by atoms with Crippen LogP contribution in [-0.2, 0) is 0 Å². The maximum atomic E-state index is 5.16. The maximum Gasteiger partial charge on any atom is 0.160 e. The van der Waals surface area contributed by atoms with Crippen molar-refractivity contribution in [2.45, 2.75) is 0 Å². The molecule has 0 amide bonds. The quantitative estimate of drug-likeness (QED) is 0.161. The summed E-state index contributed by atoms with van der Waals surface area (Å²) in [5.41, 5.74) is 16.4. The minimum absolute atomic E-state index is 0.689. The van der Waals surface area contributed by atoms with E-state index in [1.165, 1.54) is 54.6 Å². The smallest absolute Gasteiger partial charge is 0.160 e. The van der Waals surface area contributed by atoms with Crippen molar-refractivity contribution < 1.29 is 0 Å². The molecular formula is C60H39N5. The third-order valence-electron chi connectivity index (χ3n) is 12.9. The van der Waals surface area contributed by atoms with Crippen molar-refractivity contribution in [3.63, 3.8) is 0 Å². The van der Waals surface area contributed by atoms with E-state index < -0.39 is 0 Å². The summed E-state index contributed by atoms with van der Waals surface area (Å²) in [6.07, 6.45) is 2.19. The number of aromatic nitrogens is 5. The van der Waals surface area contributed by atoms with Gasteiger partial charge in [0.1, 0.15) is 0 Å². The first-order chi connectivity index (χ1) is 32.2. The summed E-state index contributed by atoms with van der Waals surface area (Å²) in [7, 11) is 0. The lowest BCUT2D eigenvalue weighted by atomic mass is 10.0. The Kier molecular flexibility index (Phi) is 8.46. The van der Waals surface area contributed by atoms with Crippen LogP contribution in [0.4, 0.5) is 0 Å². The second-order valence-electron chi connectivity index (χ2n) is 16.6. The average Bonchev–Trinajstić information content (AvgIpc) is 4.07. The summed E-state index contributed by atoms with van der Waals surface area (Å²) < 4.78 is 7.09. The van der Waals surface area contributed by atoms with Gasteiger partial charge in [0.25, 0.3) is 0 Å². The predicted molar refractivity (Wildman–Crippen MR) is 269 cm³/mol. The Labute approximate surface area is 375 Å². The largest absolute Gasteiger partial charge is 0.316 e. The van der Waals surface area contributed by atoms with E-state index in [9.17, 15) is 0 Å². The summed E-state index contributed by atoms with van der Waals surface area (Å²) in [6, 6.07) is 82.2. The second-order valence-corrected chi connectivity index (χ2v) is 16.6. The van der Waals surface area contributed by atoms with Crippen LogP contribution in [0.15, 0.2) is 237 Å². The second kappa shape index (κ2) is 14.9. The molecule has 0 bridgehead atoms. The van der Waals surface area contributed by atoms with Crippen LogP contribution < -0.4 is 0 Å². The molecule has 4 aromatic heterocycles. The molecule has 0 saturated heterocycles. The third-order valence-corrected chi connectivity index (χ3v) is 12.9. The Balaban J connectivity index is 0.950. The Morgan fingerprint density at radius 2 is 0.800 bits per heavy atom. The third kappa shape index (κ3) is 6.09.